The van der Waals surface area contributed by atoms with Crippen LogP contribution in [0.2, 0.25) is 0 Å². The van der Waals surface area contributed by atoms with Crippen LogP contribution in [0.15, 0.2) is 12.1 Å². The maximum Gasteiger partial charge on any atom is 0.460 e. The van der Waals surface area contributed by atoms with Gasteiger partial charge in [0.05, 0.1) is 6.61 Å². The van der Waals surface area contributed by atoms with Crippen LogP contribution in [0.25, 0.3) is 0 Å². The molecule has 1 aromatic rings. The summed E-state index contributed by atoms with van der Waals surface area (Å²) in [7, 11) is -7.18. The van der Waals surface area contributed by atoms with E-state index in [0.29, 0.717) is 11.5 Å². The van der Waals surface area contributed by atoms with E-state index in [-0.39, 0.29) is 11.8 Å². The van der Waals surface area contributed by atoms with Crippen LogP contribution in [-0.4, -0.2) is 49.3 Å². The third kappa shape index (κ3) is 8.96. The van der Waals surface area contributed by atoms with Gasteiger partial charge in [0, 0.05) is 0 Å². The van der Waals surface area contributed by atoms with Crippen molar-refractivity contribution >= 4 is 10.1 Å². The number of benzene rings is 1. The quantitative estimate of drug-likeness (QED) is 0.152. The summed E-state index contributed by atoms with van der Waals surface area (Å²) in [4.78, 5) is 0. The van der Waals surface area contributed by atoms with Gasteiger partial charge in [0.1, 0.15) is 6.61 Å². The first kappa shape index (κ1) is 39.1. The highest BCUT2D eigenvalue weighted by Gasteiger charge is 2.75. The van der Waals surface area contributed by atoms with Crippen molar-refractivity contribution in [2.45, 2.75) is 150 Å². The van der Waals surface area contributed by atoms with E-state index < -0.39 is 53.0 Å². The van der Waals surface area contributed by atoms with Gasteiger partial charge in [-0.1, -0.05) is 69.9 Å². The normalized spacial score (nSPS) is 20.7. The van der Waals surface area contributed by atoms with Crippen molar-refractivity contribution in [3.05, 3.63) is 34.4 Å². The van der Waals surface area contributed by atoms with Crippen molar-refractivity contribution in [1.82, 2.24) is 0 Å². The Balaban J connectivity index is 1.56. The van der Waals surface area contributed by atoms with Crippen LogP contribution in [-0.2, 0) is 30.9 Å². The van der Waals surface area contributed by atoms with Crippen molar-refractivity contribution in [2.24, 2.45) is 0 Å². The predicted octanol–water partition coefficient (Wildman–Crippen LogP) is 10.2. The summed E-state index contributed by atoms with van der Waals surface area (Å²) in [5, 5.41) is -6.86. The summed E-state index contributed by atoms with van der Waals surface area (Å²) in [6.07, 6.45) is -11.4. The molecule has 0 saturated heterocycles. The van der Waals surface area contributed by atoms with Gasteiger partial charge in [0.15, 0.2) is 0 Å². The fourth-order valence-electron chi connectivity index (χ4n) is 7.11. The molecule has 48 heavy (non-hydrogen) atoms. The number of ether oxygens (including phenoxy) is 3. The molecule has 6 nitrogen and oxygen atoms in total. The summed E-state index contributed by atoms with van der Waals surface area (Å²) in [5.74, 6) is 0.498. The summed E-state index contributed by atoms with van der Waals surface area (Å²) < 4.78 is 178. The molecule has 0 aliphatic heterocycles. The molecule has 1 N–H and O–H groups in total. The lowest BCUT2D eigenvalue weighted by Gasteiger charge is -2.33. The van der Waals surface area contributed by atoms with E-state index >= 15 is 0 Å². The van der Waals surface area contributed by atoms with Crippen LogP contribution in [0, 0.1) is 0 Å². The number of hydrogen-bond donors (Lipinski definition) is 1. The minimum absolute atomic E-state index is 0.0858. The van der Waals surface area contributed by atoms with E-state index in [1.165, 1.54) is 0 Å². The molecule has 0 amide bonds. The average Bonchev–Trinajstić information content (AvgIpc) is 3.00. The third-order valence-corrected chi connectivity index (χ3v) is 10.4. The maximum absolute atomic E-state index is 14.5. The minimum atomic E-state index is -7.18. The molecule has 3 fully saturated rings. The fourth-order valence-corrected chi connectivity index (χ4v) is 7.46. The molecule has 3 aliphatic carbocycles. The van der Waals surface area contributed by atoms with Gasteiger partial charge in [-0.25, -0.2) is 9.47 Å². The van der Waals surface area contributed by atoms with Gasteiger partial charge in [-0.2, -0.15) is 52.3 Å². The van der Waals surface area contributed by atoms with Crippen molar-refractivity contribution in [3.63, 3.8) is 0 Å². The molecule has 17 heteroatoms. The van der Waals surface area contributed by atoms with Crippen LogP contribution in [0.5, 0.6) is 0 Å². The van der Waals surface area contributed by atoms with Gasteiger partial charge < -0.3 is 4.74 Å². The Labute approximate surface area is 272 Å². The van der Waals surface area contributed by atoms with Crippen molar-refractivity contribution in [3.8, 4) is 0 Å². The zero-order valence-corrected chi connectivity index (χ0v) is 26.9. The lowest BCUT2D eigenvalue weighted by molar-refractivity contribution is -0.524. The predicted molar refractivity (Wildman–Crippen MR) is 152 cm³/mol. The van der Waals surface area contributed by atoms with E-state index in [1.54, 1.807) is 0 Å². The van der Waals surface area contributed by atoms with Crippen molar-refractivity contribution in [2.75, 3.05) is 6.61 Å². The molecule has 3 saturated carbocycles. The summed E-state index contributed by atoms with van der Waals surface area (Å²) >= 11 is 0. The van der Waals surface area contributed by atoms with Crippen LogP contribution < -0.4 is 0 Å². The second kappa shape index (κ2) is 14.9. The summed E-state index contributed by atoms with van der Waals surface area (Å²) in [6, 6.07) is 4.17. The molecule has 276 valence electrons. The molecular formula is C31H40F10O6S. The molecule has 3 aliphatic rings. The number of halogens is 10. The highest BCUT2D eigenvalue weighted by molar-refractivity contribution is 7.86. The molecule has 0 bridgehead atoms. The van der Waals surface area contributed by atoms with E-state index in [0.717, 1.165) is 113 Å². The standard InChI is InChI=1S/C31H40F10O6S/c32-27(33,46-28(34,35)29(36,37)47-30(38,39)31(40,41)48(42,43)44)19-45-18-26-24(21-12-6-2-7-13-21)16-23(20-10-4-1-5-11-20)17-25(26)22-14-8-3-9-15-22/h16-17,20-22H,1-15,18-19H2,(H,42,43,44). The second-order valence-corrected chi connectivity index (χ2v) is 14.5. The highest BCUT2D eigenvalue weighted by Crippen LogP contribution is 2.49. The lowest BCUT2D eigenvalue weighted by Crippen LogP contribution is -2.57. The van der Waals surface area contributed by atoms with Crippen molar-refractivity contribution in [1.29, 1.82) is 0 Å². The van der Waals surface area contributed by atoms with E-state index in [4.69, 9.17) is 9.29 Å². The summed E-state index contributed by atoms with van der Waals surface area (Å²) in [6.45, 7) is -2.59. The largest absolute Gasteiger partial charge is 0.460 e. The molecule has 0 atom stereocenters. The van der Waals surface area contributed by atoms with Crippen LogP contribution in [0.3, 0.4) is 0 Å². The number of alkyl halides is 10. The Morgan fingerprint density at radius 2 is 1.00 bits per heavy atom. The first-order chi connectivity index (χ1) is 22.2. The average molecular weight is 731 g/mol. The van der Waals surface area contributed by atoms with Gasteiger partial charge >= 0.3 is 39.8 Å². The molecule has 0 unspecified atom stereocenters. The zero-order valence-electron chi connectivity index (χ0n) is 26.1. The smallest absolute Gasteiger partial charge is 0.368 e. The van der Waals surface area contributed by atoms with E-state index in [1.807, 2.05) is 4.74 Å². The first-order valence-corrected chi connectivity index (χ1v) is 17.6. The molecule has 0 radical (unpaired) electrons. The van der Waals surface area contributed by atoms with Gasteiger partial charge in [0.25, 0.3) is 0 Å². The Morgan fingerprint density at radius 3 is 1.42 bits per heavy atom. The monoisotopic (exact) mass is 730 g/mol. The first-order valence-electron chi connectivity index (χ1n) is 16.2. The number of rotatable bonds is 14. The molecule has 0 heterocycles. The summed E-state index contributed by atoms with van der Waals surface area (Å²) in [5.41, 5.74) is 3.59. The second-order valence-electron chi connectivity index (χ2n) is 13.1. The Hall–Kier alpha value is -1.69. The third-order valence-electron chi connectivity index (χ3n) is 9.56. The molecule has 0 aromatic heterocycles. The van der Waals surface area contributed by atoms with Gasteiger partial charge in [-0.05, 0) is 78.5 Å². The van der Waals surface area contributed by atoms with E-state index in [2.05, 4.69) is 16.9 Å². The van der Waals surface area contributed by atoms with E-state index in [9.17, 15) is 52.3 Å². The Kier molecular flexibility index (Phi) is 12.1. The Bertz CT molecular complexity index is 1300. The molecule has 0 spiro atoms. The topological polar surface area (TPSA) is 82.1 Å². The lowest BCUT2D eigenvalue weighted by atomic mass is 9.73. The van der Waals surface area contributed by atoms with Gasteiger partial charge in [-0.3, -0.25) is 4.55 Å². The number of hydrogen-bond acceptors (Lipinski definition) is 5. The Morgan fingerprint density at radius 1 is 0.604 bits per heavy atom. The maximum atomic E-state index is 14.5. The van der Waals surface area contributed by atoms with Gasteiger partial charge in [-0.15, -0.1) is 0 Å². The van der Waals surface area contributed by atoms with Crippen LogP contribution >= 0.6 is 0 Å². The molecule has 4 rings (SSSR count). The van der Waals surface area contributed by atoms with Crippen molar-refractivity contribution < 1.29 is 71.1 Å². The van der Waals surface area contributed by atoms with Gasteiger partial charge in [0.2, 0.25) is 0 Å². The van der Waals surface area contributed by atoms with Crippen LogP contribution in [0.4, 0.5) is 43.9 Å². The van der Waals surface area contributed by atoms with Crippen LogP contribution in [0.1, 0.15) is 136 Å². The SMILES string of the molecule is O=S(=O)(O)C(F)(F)C(F)(F)OC(F)(F)C(F)(F)OC(F)(F)COCc1c(C2CCCCC2)cc(C2CCCCC2)cc1C1CCCCC1. The molecular weight excluding hydrogens is 690 g/mol. The highest BCUT2D eigenvalue weighted by atomic mass is 32.2. The minimum Gasteiger partial charge on any atom is -0.368 e. The molecule has 1 aromatic carbocycles. The fraction of sp³-hybridized carbons (Fsp3) is 0.806. The zero-order chi connectivity index (χ0) is 35.6.